The molecule has 0 spiro atoms. The zero-order valence-electron chi connectivity index (χ0n) is 12.7. The van der Waals surface area contributed by atoms with Crippen LogP contribution in [0.4, 0.5) is 5.69 Å². The molecule has 1 saturated heterocycles. The van der Waals surface area contributed by atoms with Crippen molar-refractivity contribution in [1.82, 2.24) is 9.62 Å². The number of aliphatic hydroxyl groups excluding tert-OH is 1. The van der Waals surface area contributed by atoms with Gasteiger partial charge in [0, 0.05) is 19.2 Å². The number of para-hydroxylation sites is 1. The van der Waals surface area contributed by atoms with E-state index in [1.54, 1.807) is 0 Å². The van der Waals surface area contributed by atoms with Gasteiger partial charge in [-0.25, -0.2) is 13.1 Å². The fraction of sp³-hybridized carbons (Fsp3) is 0.571. The molecule has 1 aliphatic rings. The minimum absolute atomic E-state index is 0.176. The normalized spacial score (nSPS) is 17.8. The average Bonchev–Trinajstić information content (AvgIpc) is 2.54. The number of nitro groups is 1. The number of rotatable bonds is 7. The maximum atomic E-state index is 12.2. The number of β-amino-alcohol motifs (C(OH)–C–C–N with tert-alkyl or cyclic N) is 1. The van der Waals surface area contributed by atoms with E-state index in [0.29, 0.717) is 6.54 Å². The molecular formula is C14H21N3O5S. The largest absolute Gasteiger partial charge is 0.390 e. The molecule has 0 radical (unpaired) electrons. The van der Waals surface area contributed by atoms with Crippen molar-refractivity contribution in [2.24, 2.45) is 0 Å². The number of hydrogen-bond donors (Lipinski definition) is 2. The number of nitro benzene ring substituents is 1. The second-order valence-electron chi connectivity index (χ2n) is 5.59. The molecule has 1 atom stereocenters. The molecule has 128 valence electrons. The van der Waals surface area contributed by atoms with Gasteiger partial charge >= 0.3 is 0 Å². The van der Waals surface area contributed by atoms with Crippen LogP contribution in [0.5, 0.6) is 0 Å². The van der Waals surface area contributed by atoms with Gasteiger partial charge in [-0.3, -0.25) is 10.1 Å². The first kappa shape index (κ1) is 17.8. The van der Waals surface area contributed by atoms with Crippen LogP contribution in [0, 0.1) is 10.1 Å². The Bertz CT molecular complexity index is 644. The lowest BCUT2D eigenvalue weighted by Gasteiger charge is -2.28. The number of aliphatic hydroxyl groups is 1. The zero-order valence-corrected chi connectivity index (χ0v) is 13.5. The van der Waals surface area contributed by atoms with E-state index in [-0.39, 0.29) is 6.54 Å². The second-order valence-corrected chi connectivity index (χ2v) is 7.33. The Hall–Kier alpha value is -1.55. The molecule has 2 N–H and O–H groups in total. The molecule has 1 aromatic carbocycles. The van der Waals surface area contributed by atoms with Gasteiger partial charge in [0.05, 0.1) is 11.0 Å². The van der Waals surface area contributed by atoms with Gasteiger partial charge in [-0.15, -0.1) is 0 Å². The van der Waals surface area contributed by atoms with Gasteiger partial charge in [0.25, 0.3) is 5.69 Å². The van der Waals surface area contributed by atoms with Crippen molar-refractivity contribution in [2.75, 3.05) is 26.2 Å². The molecule has 0 unspecified atom stereocenters. The Morgan fingerprint density at radius 3 is 2.57 bits per heavy atom. The Morgan fingerprint density at radius 1 is 1.26 bits per heavy atom. The highest BCUT2D eigenvalue weighted by atomic mass is 32.2. The quantitative estimate of drug-likeness (QED) is 0.557. The molecule has 8 nitrogen and oxygen atoms in total. The zero-order chi connectivity index (χ0) is 16.9. The number of nitrogens with one attached hydrogen (secondary N) is 1. The van der Waals surface area contributed by atoms with Crippen molar-refractivity contribution in [2.45, 2.75) is 30.3 Å². The summed E-state index contributed by atoms with van der Waals surface area (Å²) in [7, 11) is -4.04. The smallest absolute Gasteiger partial charge is 0.289 e. The van der Waals surface area contributed by atoms with Crippen LogP contribution in [0.15, 0.2) is 29.2 Å². The van der Waals surface area contributed by atoms with Crippen LogP contribution in [0.2, 0.25) is 0 Å². The molecule has 1 aromatic rings. The summed E-state index contributed by atoms with van der Waals surface area (Å²) < 4.78 is 26.7. The van der Waals surface area contributed by atoms with Gasteiger partial charge in [-0.1, -0.05) is 18.6 Å². The molecule has 1 fully saturated rings. The monoisotopic (exact) mass is 343 g/mol. The van der Waals surface area contributed by atoms with Gasteiger partial charge in [-0.05, 0) is 32.0 Å². The van der Waals surface area contributed by atoms with Crippen molar-refractivity contribution >= 4 is 15.7 Å². The van der Waals surface area contributed by atoms with E-state index in [0.717, 1.165) is 32.0 Å². The van der Waals surface area contributed by atoms with Crippen LogP contribution in [0.25, 0.3) is 0 Å². The lowest BCUT2D eigenvalue weighted by molar-refractivity contribution is -0.387. The van der Waals surface area contributed by atoms with Crippen LogP contribution >= 0.6 is 0 Å². The summed E-state index contributed by atoms with van der Waals surface area (Å²) in [5, 5.41) is 20.9. The van der Waals surface area contributed by atoms with Gasteiger partial charge < -0.3 is 10.0 Å². The van der Waals surface area contributed by atoms with Gasteiger partial charge in [0.2, 0.25) is 10.0 Å². The highest BCUT2D eigenvalue weighted by Crippen LogP contribution is 2.22. The lowest BCUT2D eigenvalue weighted by Crippen LogP contribution is -2.42. The fourth-order valence-electron chi connectivity index (χ4n) is 2.62. The van der Waals surface area contributed by atoms with Crippen LogP contribution < -0.4 is 4.72 Å². The number of hydrogen-bond acceptors (Lipinski definition) is 6. The highest BCUT2D eigenvalue weighted by molar-refractivity contribution is 7.89. The number of benzene rings is 1. The predicted molar refractivity (Wildman–Crippen MR) is 84.6 cm³/mol. The first-order valence-electron chi connectivity index (χ1n) is 7.53. The number of likely N-dealkylation sites (tertiary alicyclic amines) is 1. The van der Waals surface area contributed by atoms with E-state index in [1.165, 1.54) is 24.6 Å². The van der Waals surface area contributed by atoms with Crippen LogP contribution in [-0.2, 0) is 10.0 Å². The van der Waals surface area contributed by atoms with E-state index < -0.39 is 31.6 Å². The summed E-state index contributed by atoms with van der Waals surface area (Å²) in [6.07, 6.45) is 2.48. The third-order valence-electron chi connectivity index (χ3n) is 3.78. The Morgan fingerprint density at radius 2 is 1.91 bits per heavy atom. The minimum atomic E-state index is -4.04. The molecule has 0 aromatic heterocycles. The van der Waals surface area contributed by atoms with Crippen LogP contribution in [0.1, 0.15) is 19.3 Å². The van der Waals surface area contributed by atoms with Crippen LogP contribution in [-0.4, -0.2) is 55.6 Å². The van der Waals surface area contributed by atoms with Gasteiger partial charge in [0.15, 0.2) is 4.90 Å². The highest BCUT2D eigenvalue weighted by Gasteiger charge is 2.25. The van der Waals surface area contributed by atoms with Crippen molar-refractivity contribution in [1.29, 1.82) is 0 Å². The molecule has 0 amide bonds. The van der Waals surface area contributed by atoms with Gasteiger partial charge in [-0.2, -0.15) is 0 Å². The Kier molecular flexibility index (Phi) is 6.05. The van der Waals surface area contributed by atoms with Gasteiger partial charge in [0.1, 0.15) is 0 Å². The molecule has 0 saturated carbocycles. The summed E-state index contributed by atoms with van der Waals surface area (Å²) in [5.74, 6) is 0. The predicted octanol–water partition coefficient (Wildman–Crippen LogP) is 0.720. The second kappa shape index (κ2) is 7.82. The molecule has 0 bridgehead atoms. The molecule has 9 heteroatoms. The van der Waals surface area contributed by atoms with Crippen LogP contribution in [0.3, 0.4) is 0 Å². The van der Waals surface area contributed by atoms with Crippen molar-refractivity contribution in [3.8, 4) is 0 Å². The number of sulfonamides is 1. The standard InChI is InChI=1S/C14H21N3O5S/c18-12(11-16-8-4-1-5-9-16)10-15-23(21,22)14-7-3-2-6-13(14)17(19)20/h2-3,6-7,12,15,18H,1,4-5,8-11H2/t12-/m0/s1. The third-order valence-corrected chi connectivity index (χ3v) is 5.25. The van der Waals surface area contributed by atoms with E-state index >= 15 is 0 Å². The van der Waals surface area contributed by atoms with Crippen molar-refractivity contribution < 1.29 is 18.4 Å². The Labute approximate surface area is 135 Å². The molecule has 0 aliphatic carbocycles. The molecule has 1 heterocycles. The third kappa shape index (κ3) is 4.96. The van der Waals surface area contributed by atoms with E-state index in [2.05, 4.69) is 9.62 Å². The van der Waals surface area contributed by atoms with Crippen molar-refractivity contribution in [3.05, 3.63) is 34.4 Å². The molecule has 1 aliphatic heterocycles. The van der Waals surface area contributed by atoms with E-state index in [1.807, 2.05) is 0 Å². The minimum Gasteiger partial charge on any atom is -0.390 e. The SMILES string of the molecule is O=[N+]([O-])c1ccccc1S(=O)(=O)NC[C@H](O)CN1CCCCC1. The number of piperidine rings is 1. The maximum absolute atomic E-state index is 12.2. The summed E-state index contributed by atoms with van der Waals surface area (Å²) in [5.41, 5.74) is -0.481. The number of nitrogens with zero attached hydrogens (tertiary/aromatic N) is 2. The summed E-state index contributed by atoms with van der Waals surface area (Å²) in [6.45, 7) is 2.01. The first-order chi connectivity index (χ1) is 10.9. The first-order valence-corrected chi connectivity index (χ1v) is 9.02. The van der Waals surface area contributed by atoms with Crippen molar-refractivity contribution in [3.63, 3.8) is 0 Å². The molecule has 23 heavy (non-hydrogen) atoms. The molecular weight excluding hydrogens is 322 g/mol. The Balaban J connectivity index is 1.97. The maximum Gasteiger partial charge on any atom is 0.289 e. The lowest BCUT2D eigenvalue weighted by atomic mass is 10.1. The summed E-state index contributed by atoms with van der Waals surface area (Å²) in [6, 6.07) is 5.14. The van der Waals surface area contributed by atoms with E-state index in [9.17, 15) is 23.6 Å². The fourth-order valence-corrected chi connectivity index (χ4v) is 3.87. The average molecular weight is 343 g/mol. The topological polar surface area (TPSA) is 113 Å². The summed E-state index contributed by atoms with van der Waals surface area (Å²) in [4.78, 5) is 11.9. The summed E-state index contributed by atoms with van der Waals surface area (Å²) >= 11 is 0. The molecule has 2 rings (SSSR count). The van der Waals surface area contributed by atoms with E-state index in [4.69, 9.17) is 0 Å².